The molecule has 0 saturated carbocycles. The van der Waals surface area contributed by atoms with Crippen molar-refractivity contribution in [2.75, 3.05) is 32.6 Å². The predicted octanol–water partition coefficient (Wildman–Crippen LogP) is 4.51. The monoisotopic (exact) mass is 621 g/mol. The van der Waals surface area contributed by atoms with E-state index < -0.39 is 35.7 Å². The first-order valence-corrected chi connectivity index (χ1v) is 13.7. The van der Waals surface area contributed by atoms with Crippen LogP contribution >= 0.6 is 0 Å². The lowest BCUT2D eigenvalue weighted by atomic mass is 9.87. The zero-order valence-corrected chi connectivity index (χ0v) is 25.1. The minimum absolute atomic E-state index is 0.0707. The molecule has 3 aromatic rings. The van der Waals surface area contributed by atoms with Gasteiger partial charge in [0.25, 0.3) is 0 Å². The van der Waals surface area contributed by atoms with Crippen LogP contribution in [-0.2, 0) is 28.7 Å². The van der Waals surface area contributed by atoms with E-state index in [-0.39, 0.29) is 17.0 Å². The van der Waals surface area contributed by atoms with Gasteiger partial charge >= 0.3 is 18.2 Å². The van der Waals surface area contributed by atoms with Gasteiger partial charge in [0.2, 0.25) is 5.96 Å². The number of primary amides is 1. The van der Waals surface area contributed by atoms with Gasteiger partial charge in [0.1, 0.15) is 12.6 Å². The number of likely N-dealkylation sites (N-methyl/N-ethyl adjacent to an activating group) is 1. The number of rotatable bonds is 8. The van der Waals surface area contributed by atoms with E-state index in [4.69, 9.17) is 15.9 Å². The molecule has 0 bridgehead atoms. The number of ether oxygens (including phenoxy) is 1. The fourth-order valence-electron chi connectivity index (χ4n) is 5.32. The van der Waals surface area contributed by atoms with Gasteiger partial charge in [-0.1, -0.05) is 12.1 Å². The maximum Gasteiger partial charge on any atom is 0.416 e. The summed E-state index contributed by atoms with van der Waals surface area (Å²) in [6.07, 6.45) is -1.01. The molecule has 14 heteroatoms. The molecule has 2 heterocycles. The Hall–Kier alpha value is -5.29. The smallest absolute Gasteiger partial charge is 0.416 e. The van der Waals surface area contributed by atoms with E-state index in [1.165, 1.54) is 19.1 Å². The first kappa shape index (κ1) is 32.6. The number of benzene rings is 2. The number of methoxy groups -OCH3 is 1. The highest BCUT2D eigenvalue weighted by Crippen LogP contribution is 2.42. The van der Waals surface area contributed by atoms with E-state index >= 15 is 0 Å². The molecule has 0 unspecified atom stereocenters. The minimum atomic E-state index is -4.68. The van der Waals surface area contributed by atoms with Crippen LogP contribution in [0.3, 0.4) is 0 Å². The normalized spacial score (nSPS) is 15.6. The number of nitrogens with one attached hydrogen (secondary N) is 1. The summed E-state index contributed by atoms with van der Waals surface area (Å²) in [6, 6.07) is 10.3. The summed E-state index contributed by atoms with van der Waals surface area (Å²) in [4.78, 5) is 36.9. The Kier molecular flexibility index (Phi) is 9.24. The van der Waals surface area contributed by atoms with Gasteiger partial charge in [-0.05, 0) is 54.4 Å². The molecule has 1 atom stereocenters. The largest absolute Gasteiger partial charge is 0.466 e. The van der Waals surface area contributed by atoms with Crippen LogP contribution in [0.2, 0.25) is 0 Å². The summed E-state index contributed by atoms with van der Waals surface area (Å²) >= 11 is 0. The minimum Gasteiger partial charge on any atom is -0.466 e. The molecule has 0 fully saturated rings. The number of alkyl halides is 3. The first-order chi connectivity index (χ1) is 21.2. The second kappa shape index (κ2) is 12.7. The molecule has 0 aliphatic carbocycles. The zero-order chi connectivity index (χ0) is 33.1. The van der Waals surface area contributed by atoms with Crippen LogP contribution in [0.15, 0.2) is 72.2 Å². The van der Waals surface area contributed by atoms with Gasteiger partial charge in [-0.25, -0.2) is 19.6 Å². The maximum absolute atomic E-state index is 13.6. The number of carbonyl (C=O) groups is 2. The van der Waals surface area contributed by atoms with Gasteiger partial charge < -0.3 is 15.0 Å². The third-order valence-corrected chi connectivity index (χ3v) is 7.51. The number of carbonyl (C=O) groups excluding carboxylic acids is 2. The third kappa shape index (κ3) is 6.94. The van der Waals surface area contributed by atoms with Gasteiger partial charge in [0, 0.05) is 30.2 Å². The van der Waals surface area contributed by atoms with E-state index in [0.717, 1.165) is 35.1 Å². The molecule has 0 spiro atoms. The maximum atomic E-state index is 13.6. The number of esters is 1. The quantitative estimate of drug-likeness (QED) is 0.278. The number of quaternary nitrogens is 1. The van der Waals surface area contributed by atoms with E-state index in [1.807, 2.05) is 14.1 Å². The number of hydrogen-bond acceptors (Lipinski definition) is 7. The second-order valence-electron chi connectivity index (χ2n) is 11.1. The van der Waals surface area contributed by atoms with Crippen molar-refractivity contribution >= 4 is 23.6 Å². The summed E-state index contributed by atoms with van der Waals surface area (Å²) in [6.45, 7) is 2.47. The van der Waals surface area contributed by atoms with Crippen molar-refractivity contribution in [1.82, 2.24) is 14.9 Å². The topological polar surface area (TPSA) is 149 Å². The molecule has 3 N–H and O–H groups in total. The lowest BCUT2D eigenvalue weighted by Crippen LogP contribution is -2.55. The molecule has 2 amide bonds. The Labute approximate surface area is 258 Å². The van der Waals surface area contributed by atoms with Crippen molar-refractivity contribution in [3.8, 4) is 6.07 Å². The van der Waals surface area contributed by atoms with Crippen LogP contribution < -0.4 is 10.6 Å². The second-order valence-corrected chi connectivity index (χ2v) is 11.1. The molecule has 11 nitrogen and oxygen atoms in total. The Balaban J connectivity index is 1.86. The number of allylic oxidation sites excluding steroid dienone is 1. The number of hydrogen-bond donors (Lipinski definition) is 2. The summed E-state index contributed by atoms with van der Waals surface area (Å²) < 4.78 is 46.3. The molecular weight excluding hydrogens is 589 g/mol. The number of nitriles is 1. The number of nitrogens with zero attached hydrogens (tertiary/aromatic N) is 6. The van der Waals surface area contributed by atoms with Gasteiger partial charge in [0.15, 0.2) is 5.82 Å². The van der Waals surface area contributed by atoms with Gasteiger partial charge in [-0.3, -0.25) is 15.2 Å². The predicted molar refractivity (Wildman–Crippen MR) is 158 cm³/mol. The summed E-state index contributed by atoms with van der Waals surface area (Å²) in [5.41, 5.74) is 6.00. The number of urea groups is 1. The van der Waals surface area contributed by atoms with Crippen LogP contribution in [0, 0.1) is 16.7 Å². The molecule has 0 radical (unpaired) electrons. The van der Waals surface area contributed by atoms with Crippen LogP contribution in [0.25, 0.3) is 0 Å². The molecule has 234 valence electrons. The third-order valence-electron chi connectivity index (χ3n) is 7.51. The van der Waals surface area contributed by atoms with Crippen LogP contribution in [0.4, 0.5) is 23.7 Å². The highest BCUT2D eigenvalue weighted by molar-refractivity contribution is 6.10. The summed E-state index contributed by atoms with van der Waals surface area (Å²) in [5.74, 6) is -0.805. The highest BCUT2D eigenvalue weighted by Gasteiger charge is 2.44. The van der Waals surface area contributed by atoms with Crippen LogP contribution in [0.5, 0.6) is 0 Å². The molecular formula is C31H32F3N8O3+. The van der Waals surface area contributed by atoms with E-state index in [0.29, 0.717) is 46.5 Å². The summed E-state index contributed by atoms with van der Waals surface area (Å²) in [5, 5.41) is 18.7. The Bertz CT molecular complexity index is 1700. The fourth-order valence-corrected chi connectivity index (χ4v) is 5.32. The number of anilines is 1. The van der Waals surface area contributed by atoms with Crippen molar-refractivity contribution in [2.24, 2.45) is 5.73 Å². The number of halogens is 3. The Morgan fingerprint density at radius 1 is 1.13 bits per heavy atom. The van der Waals surface area contributed by atoms with Crippen molar-refractivity contribution < 1.29 is 32.0 Å². The average molecular weight is 622 g/mol. The average Bonchev–Trinajstić information content (AvgIpc) is 2.99. The molecule has 1 aromatic heterocycles. The standard InChI is InChI=1S/C31H31F3N8O3/c1-19-26(28(43)45-4)27(41(30(37)44)29(36)40(19)23-8-5-7-22(16-23)31(32,33)34)24-10-9-20(17-35)15-21(24)11-14-42(2,3)18-25-38-12-6-13-39-25/h5-10,12-13,15-16,27,36H,11,14,18H2,1-4H3,(H-,37,44)/p+1/t27-/m1/s1. The Morgan fingerprint density at radius 2 is 1.82 bits per heavy atom. The molecule has 1 aliphatic heterocycles. The lowest BCUT2D eigenvalue weighted by Gasteiger charge is -2.43. The first-order valence-electron chi connectivity index (χ1n) is 13.7. The van der Waals surface area contributed by atoms with Crippen molar-refractivity contribution in [1.29, 1.82) is 10.7 Å². The number of aromatic nitrogens is 2. The van der Waals surface area contributed by atoms with Crippen molar-refractivity contribution in [2.45, 2.75) is 32.1 Å². The fraction of sp³-hybridized carbons (Fsp3) is 0.290. The van der Waals surface area contributed by atoms with E-state index in [9.17, 15) is 28.0 Å². The highest BCUT2D eigenvalue weighted by atomic mass is 19.4. The van der Waals surface area contributed by atoms with Gasteiger partial charge in [0.05, 0.1) is 50.5 Å². The molecule has 2 aromatic carbocycles. The van der Waals surface area contributed by atoms with Crippen molar-refractivity contribution in [3.05, 3.63) is 100 Å². The molecule has 45 heavy (non-hydrogen) atoms. The van der Waals surface area contributed by atoms with Crippen LogP contribution in [-0.4, -0.2) is 65.1 Å². The molecule has 1 aliphatic rings. The number of amides is 2. The van der Waals surface area contributed by atoms with Gasteiger partial charge in [-0.15, -0.1) is 0 Å². The van der Waals surface area contributed by atoms with Crippen LogP contribution in [0.1, 0.15) is 41.0 Å². The lowest BCUT2D eigenvalue weighted by molar-refractivity contribution is -0.904. The number of nitrogens with two attached hydrogens (primary N) is 1. The number of guanidine groups is 1. The molecule has 0 saturated heterocycles. The van der Waals surface area contributed by atoms with E-state index in [2.05, 4.69) is 16.0 Å². The summed E-state index contributed by atoms with van der Waals surface area (Å²) in [7, 11) is 5.09. The SMILES string of the molecule is COC(=O)C1=C(C)N(c2cccc(C(F)(F)F)c2)C(=N)N(C(N)=O)[C@@H]1c1ccc(C#N)cc1CC[N+](C)(C)Cc1ncccn1. The van der Waals surface area contributed by atoms with E-state index in [1.54, 1.807) is 30.6 Å². The molecule has 4 rings (SSSR count). The zero-order valence-electron chi connectivity index (χ0n) is 25.1. The van der Waals surface area contributed by atoms with Gasteiger partial charge in [-0.2, -0.15) is 18.4 Å². The Morgan fingerprint density at radius 3 is 2.42 bits per heavy atom. The van der Waals surface area contributed by atoms with Crippen molar-refractivity contribution in [3.63, 3.8) is 0 Å².